The van der Waals surface area contributed by atoms with E-state index in [9.17, 15) is 4.79 Å². The van der Waals surface area contributed by atoms with Crippen molar-refractivity contribution in [2.24, 2.45) is 0 Å². The zero-order valence-corrected chi connectivity index (χ0v) is 12.5. The van der Waals surface area contributed by atoms with Crippen LogP contribution in [0.4, 0.5) is 0 Å². The Balaban J connectivity index is 2.14. The molecule has 0 aliphatic rings. The fourth-order valence-corrected chi connectivity index (χ4v) is 2.63. The van der Waals surface area contributed by atoms with Crippen LogP contribution in [0.15, 0.2) is 36.4 Å². The summed E-state index contributed by atoms with van der Waals surface area (Å²) >= 11 is 0. The first-order valence-electron chi connectivity index (χ1n) is 7.06. The van der Waals surface area contributed by atoms with Crippen LogP contribution in [0.5, 0.6) is 0 Å². The second-order valence-corrected chi connectivity index (χ2v) is 5.36. The van der Waals surface area contributed by atoms with Gasteiger partial charge in [0.25, 0.3) is 0 Å². The fraction of sp³-hybridized carbons (Fsp3) is 0.167. The Labute approximate surface area is 128 Å². The number of rotatable bonds is 3. The summed E-state index contributed by atoms with van der Waals surface area (Å²) in [4.78, 5) is 16.1. The lowest BCUT2D eigenvalue weighted by Crippen LogP contribution is -2.01. The van der Waals surface area contributed by atoms with E-state index in [1.165, 1.54) is 5.56 Å². The van der Waals surface area contributed by atoms with E-state index in [-0.39, 0.29) is 0 Å². The van der Waals surface area contributed by atoms with Crippen molar-refractivity contribution in [3.05, 3.63) is 70.2 Å². The SMILES string of the molecule is Cc1ccc(Cc2nc3ccc(C#N)c(C)n3c2C=O)cc1. The molecule has 2 aromatic heterocycles. The first-order chi connectivity index (χ1) is 10.6. The highest BCUT2D eigenvalue weighted by atomic mass is 16.1. The van der Waals surface area contributed by atoms with Gasteiger partial charge < -0.3 is 0 Å². The average Bonchev–Trinajstić information content (AvgIpc) is 2.88. The second-order valence-electron chi connectivity index (χ2n) is 5.36. The number of hydrogen-bond acceptors (Lipinski definition) is 3. The zero-order valence-electron chi connectivity index (χ0n) is 12.5. The lowest BCUT2D eigenvalue weighted by molar-refractivity contribution is 0.111. The van der Waals surface area contributed by atoms with Crippen LogP contribution in [0, 0.1) is 25.2 Å². The largest absolute Gasteiger partial charge is 0.296 e. The monoisotopic (exact) mass is 289 g/mol. The first-order valence-corrected chi connectivity index (χ1v) is 7.06. The van der Waals surface area contributed by atoms with Gasteiger partial charge in [-0.3, -0.25) is 9.20 Å². The van der Waals surface area contributed by atoms with Crippen molar-refractivity contribution in [3.8, 4) is 6.07 Å². The number of nitriles is 1. The van der Waals surface area contributed by atoms with Gasteiger partial charge >= 0.3 is 0 Å². The average molecular weight is 289 g/mol. The number of aromatic nitrogens is 2. The van der Waals surface area contributed by atoms with E-state index in [0.717, 1.165) is 23.2 Å². The molecule has 0 aliphatic carbocycles. The van der Waals surface area contributed by atoms with Gasteiger partial charge in [-0.1, -0.05) is 29.8 Å². The van der Waals surface area contributed by atoms with Crippen molar-refractivity contribution < 1.29 is 4.79 Å². The predicted octanol–water partition coefficient (Wildman–Crippen LogP) is 3.23. The number of imidazole rings is 1. The number of carbonyl (C=O) groups is 1. The number of aldehydes is 1. The smallest absolute Gasteiger partial charge is 0.168 e. The van der Waals surface area contributed by atoms with E-state index in [1.54, 1.807) is 16.5 Å². The van der Waals surface area contributed by atoms with Gasteiger partial charge in [0.05, 0.1) is 11.3 Å². The summed E-state index contributed by atoms with van der Waals surface area (Å²) < 4.78 is 1.76. The maximum atomic E-state index is 11.6. The maximum absolute atomic E-state index is 11.6. The Bertz CT molecular complexity index is 899. The van der Waals surface area contributed by atoms with Gasteiger partial charge in [0.15, 0.2) is 6.29 Å². The molecule has 2 heterocycles. The van der Waals surface area contributed by atoms with Gasteiger partial charge in [0.2, 0.25) is 0 Å². The minimum Gasteiger partial charge on any atom is -0.296 e. The van der Waals surface area contributed by atoms with Gasteiger partial charge in [-0.25, -0.2) is 4.98 Å². The summed E-state index contributed by atoms with van der Waals surface area (Å²) in [7, 11) is 0. The van der Waals surface area contributed by atoms with E-state index >= 15 is 0 Å². The summed E-state index contributed by atoms with van der Waals surface area (Å²) in [6.45, 7) is 3.87. The van der Waals surface area contributed by atoms with Gasteiger partial charge in [0.1, 0.15) is 17.4 Å². The molecule has 0 spiro atoms. The van der Waals surface area contributed by atoms with Crippen molar-refractivity contribution >= 4 is 11.9 Å². The van der Waals surface area contributed by atoms with Gasteiger partial charge in [-0.2, -0.15) is 5.26 Å². The molecular formula is C18H15N3O. The highest BCUT2D eigenvalue weighted by Gasteiger charge is 2.15. The predicted molar refractivity (Wildman–Crippen MR) is 84.0 cm³/mol. The van der Waals surface area contributed by atoms with Crippen molar-refractivity contribution in [1.82, 2.24) is 9.38 Å². The third-order valence-electron chi connectivity index (χ3n) is 3.86. The van der Waals surface area contributed by atoms with Gasteiger partial charge in [0, 0.05) is 12.1 Å². The van der Waals surface area contributed by atoms with E-state index in [4.69, 9.17) is 5.26 Å². The molecule has 108 valence electrons. The topological polar surface area (TPSA) is 58.2 Å². The van der Waals surface area contributed by atoms with Crippen molar-refractivity contribution in [1.29, 1.82) is 5.26 Å². The number of aryl methyl sites for hydroxylation is 2. The van der Waals surface area contributed by atoms with Crippen LogP contribution < -0.4 is 0 Å². The van der Waals surface area contributed by atoms with E-state index < -0.39 is 0 Å². The Morgan fingerprint density at radius 1 is 1.18 bits per heavy atom. The molecule has 0 atom stereocenters. The molecule has 0 saturated heterocycles. The minimum atomic E-state index is 0.519. The van der Waals surface area contributed by atoms with Crippen LogP contribution in [-0.4, -0.2) is 15.7 Å². The van der Waals surface area contributed by atoms with Crippen LogP contribution in [0.1, 0.15) is 38.6 Å². The quantitative estimate of drug-likeness (QED) is 0.695. The Kier molecular flexibility index (Phi) is 3.48. The molecule has 0 N–H and O–H groups in total. The number of carbonyl (C=O) groups excluding carboxylic acids is 1. The Morgan fingerprint density at radius 3 is 2.55 bits per heavy atom. The number of nitrogens with zero attached hydrogens (tertiary/aromatic N) is 3. The molecule has 0 bridgehead atoms. The third kappa shape index (κ3) is 2.27. The first kappa shape index (κ1) is 14.0. The van der Waals surface area contributed by atoms with E-state index in [2.05, 4.69) is 11.1 Å². The van der Waals surface area contributed by atoms with E-state index in [0.29, 0.717) is 23.3 Å². The number of pyridine rings is 1. The number of benzene rings is 1. The van der Waals surface area contributed by atoms with Gasteiger partial charge in [-0.05, 0) is 31.5 Å². The minimum absolute atomic E-state index is 0.519. The molecule has 4 nitrogen and oxygen atoms in total. The molecule has 3 rings (SSSR count). The highest BCUT2D eigenvalue weighted by molar-refractivity contribution is 5.77. The Morgan fingerprint density at radius 2 is 1.91 bits per heavy atom. The van der Waals surface area contributed by atoms with Crippen molar-refractivity contribution in [3.63, 3.8) is 0 Å². The standard InChI is InChI=1S/C18H15N3O/c1-12-3-5-14(6-4-12)9-16-17(11-22)21-13(2)15(10-19)7-8-18(21)20-16/h3-8,11H,9H2,1-2H3. The summed E-state index contributed by atoms with van der Waals surface area (Å²) in [6.07, 6.45) is 1.41. The normalized spacial score (nSPS) is 10.6. The maximum Gasteiger partial charge on any atom is 0.168 e. The number of hydrogen-bond donors (Lipinski definition) is 0. The lowest BCUT2D eigenvalue weighted by atomic mass is 10.1. The molecule has 1 aromatic carbocycles. The van der Waals surface area contributed by atoms with Crippen molar-refractivity contribution in [2.75, 3.05) is 0 Å². The molecule has 0 unspecified atom stereocenters. The molecule has 0 amide bonds. The summed E-state index contributed by atoms with van der Waals surface area (Å²) in [5.74, 6) is 0. The molecule has 0 radical (unpaired) electrons. The molecule has 0 fully saturated rings. The molecular weight excluding hydrogens is 274 g/mol. The fourth-order valence-electron chi connectivity index (χ4n) is 2.63. The summed E-state index contributed by atoms with van der Waals surface area (Å²) in [5, 5.41) is 9.14. The summed E-state index contributed by atoms with van der Waals surface area (Å²) in [5.41, 5.74) is 5.54. The molecule has 3 aromatic rings. The molecule has 4 heteroatoms. The van der Waals surface area contributed by atoms with Crippen LogP contribution >= 0.6 is 0 Å². The van der Waals surface area contributed by atoms with Gasteiger partial charge in [-0.15, -0.1) is 0 Å². The zero-order chi connectivity index (χ0) is 15.7. The lowest BCUT2D eigenvalue weighted by Gasteiger charge is -2.04. The van der Waals surface area contributed by atoms with Crippen LogP contribution in [0.25, 0.3) is 5.65 Å². The van der Waals surface area contributed by atoms with Crippen LogP contribution in [-0.2, 0) is 6.42 Å². The second kappa shape index (κ2) is 5.45. The molecule has 22 heavy (non-hydrogen) atoms. The molecule has 0 aliphatic heterocycles. The van der Waals surface area contributed by atoms with E-state index in [1.807, 2.05) is 38.1 Å². The Hall–Kier alpha value is -2.93. The summed E-state index contributed by atoms with van der Waals surface area (Å²) in [6, 6.07) is 13.8. The third-order valence-corrected chi connectivity index (χ3v) is 3.86. The van der Waals surface area contributed by atoms with Crippen LogP contribution in [0.2, 0.25) is 0 Å². The number of fused-ring (bicyclic) bond motifs is 1. The van der Waals surface area contributed by atoms with Crippen molar-refractivity contribution in [2.45, 2.75) is 20.3 Å². The highest BCUT2D eigenvalue weighted by Crippen LogP contribution is 2.19. The molecule has 0 saturated carbocycles. The van der Waals surface area contributed by atoms with Crippen LogP contribution in [0.3, 0.4) is 0 Å².